The van der Waals surface area contributed by atoms with Gasteiger partial charge in [-0.1, -0.05) is 30.3 Å². The van der Waals surface area contributed by atoms with E-state index in [0.29, 0.717) is 18.7 Å². The highest BCUT2D eigenvalue weighted by Crippen LogP contribution is 2.24. The van der Waals surface area contributed by atoms with Crippen LogP contribution in [0.3, 0.4) is 0 Å². The molecule has 1 aliphatic heterocycles. The van der Waals surface area contributed by atoms with Crippen molar-refractivity contribution in [2.24, 2.45) is 0 Å². The zero-order chi connectivity index (χ0) is 13.0. The molecule has 4 nitrogen and oxygen atoms in total. The monoisotopic (exact) mass is 245 g/mol. The van der Waals surface area contributed by atoms with E-state index in [2.05, 4.69) is 4.74 Å². The smallest absolute Gasteiger partial charge is 0.332 e. The Morgan fingerprint density at radius 1 is 1.33 bits per heavy atom. The number of hydrogen-bond donors (Lipinski definition) is 0. The number of carbonyl (C=O) groups is 2. The number of benzene rings is 1. The number of ether oxygens (including phenoxy) is 1. The first kappa shape index (κ1) is 12.4. The molecule has 1 aromatic carbocycles. The zero-order valence-electron chi connectivity index (χ0n) is 10.3. The molecule has 1 heterocycles. The van der Waals surface area contributed by atoms with Crippen LogP contribution >= 0.6 is 0 Å². The van der Waals surface area contributed by atoms with E-state index in [1.807, 2.05) is 30.3 Å². The fraction of sp³-hybridized carbons (Fsp3) is 0.286. The number of rotatable bonds is 3. The second kappa shape index (κ2) is 5.49. The highest BCUT2D eigenvalue weighted by atomic mass is 16.5. The van der Waals surface area contributed by atoms with Gasteiger partial charge in [-0.25, -0.2) is 4.79 Å². The van der Waals surface area contributed by atoms with Gasteiger partial charge in [-0.05, 0) is 12.0 Å². The van der Waals surface area contributed by atoms with Gasteiger partial charge in [-0.3, -0.25) is 4.79 Å². The van der Waals surface area contributed by atoms with Crippen molar-refractivity contribution in [2.45, 2.75) is 12.8 Å². The van der Waals surface area contributed by atoms with Gasteiger partial charge in [0.15, 0.2) is 0 Å². The molecule has 0 atom stereocenters. The molecule has 1 saturated heterocycles. The Balaban J connectivity index is 2.38. The summed E-state index contributed by atoms with van der Waals surface area (Å²) in [7, 11) is 1.33. The molecule has 0 saturated carbocycles. The van der Waals surface area contributed by atoms with E-state index in [-0.39, 0.29) is 5.91 Å². The van der Waals surface area contributed by atoms with Crippen LogP contribution < -0.4 is 0 Å². The van der Waals surface area contributed by atoms with Gasteiger partial charge >= 0.3 is 5.97 Å². The number of nitrogens with zero attached hydrogens (tertiary/aromatic N) is 1. The maximum Gasteiger partial charge on any atom is 0.332 e. The average molecular weight is 245 g/mol. The third-order valence-electron chi connectivity index (χ3n) is 2.89. The Hall–Kier alpha value is -2.10. The van der Waals surface area contributed by atoms with Gasteiger partial charge in [0.2, 0.25) is 5.91 Å². The normalized spacial score (nSPS) is 15.9. The average Bonchev–Trinajstić information content (AvgIpc) is 2.83. The van der Waals surface area contributed by atoms with Gasteiger partial charge in [-0.15, -0.1) is 0 Å². The quantitative estimate of drug-likeness (QED) is 0.603. The summed E-state index contributed by atoms with van der Waals surface area (Å²) in [5.41, 5.74) is 1.46. The molecule has 1 aromatic rings. The summed E-state index contributed by atoms with van der Waals surface area (Å²) in [4.78, 5) is 24.9. The van der Waals surface area contributed by atoms with Gasteiger partial charge in [0.05, 0.1) is 12.8 Å². The topological polar surface area (TPSA) is 46.6 Å². The lowest BCUT2D eigenvalue weighted by atomic mass is 10.1. The zero-order valence-corrected chi connectivity index (χ0v) is 10.3. The Labute approximate surface area is 106 Å². The Bertz CT molecular complexity index is 479. The molecular formula is C14H15NO3. The van der Waals surface area contributed by atoms with E-state index in [9.17, 15) is 9.59 Å². The van der Waals surface area contributed by atoms with Crippen LogP contribution in [0.15, 0.2) is 36.4 Å². The van der Waals surface area contributed by atoms with E-state index < -0.39 is 5.97 Å². The molecule has 0 unspecified atom stereocenters. The molecule has 0 bridgehead atoms. The Morgan fingerprint density at radius 2 is 2.06 bits per heavy atom. The van der Waals surface area contributed by atoms with Gasteiger partial charge in [0.1, 0.15) is 0 Å². The van der Waals surface area contributed by atoms with E-state index in [1.165, 1.54) is 13.2 Å². The van der Waals surface area contributed by atoms with Crippen molar-refractivity contribution in [3.05, 3.63) is 42.0 Å². The minimum atomic E-state index is -0.450. The summed E-state index contributed by atoms with van der Waals surface area (Å²) in [5, 5.41) is 0. The summed E-state index contributed by atoms with van der Waals surface area (Å²) >= 11 is 0. The third kappa shape index (κ3) is 2.59. The highest BCUT2D eigenvalue weighted by molar-refractivity contribution is 5.96. The fourth-order valence-electron chi connectivity index (χ4n) is 2.00. The van der Waals surface area contributed by atoms with Crippen molar-refractivity contribution < 1.29 is 14.3 Å². The molecule has 94 valence electrons. The van der Waals surface area contributed by atoms with Crippen LogP contribution in [-0.4, -0.2) is 30.4 Å². The maximum atomic E-state index is 11.8. The molecule has 0 N–H and O–H groups in total. The van der Waals surface area contributed by atoms with Crippen molar-refractivity contribution in [1.82, 2.24) is 4.90 Å². The number of methoxy groups -OCH3 is 1. The van der Waals surface area contributed by atoms with Crippen molar-refractivity contribution in [1.29, 1.82) is 0 Å². The van der Waals surface area contributed by atoms with Gasteiger partial charge in [0.25, 0.3) is 0 Å². The molecule has 1 amide bonds. The van der Waals surface area contributed by atoms with Crippen molar-refractivity contribution in [3.63, 3.8) is 0 Å². The van der Waals surface area contributed by atoms with Crippen LogP contribution in [0.5, 0.6) is 0 Å². The van der Waals surface area contributed by atoms with E-state index in [0.717, 1.165) is 12.0 Å². The van der Waals surface area contributed by atoms with Gasteiger partial charge in [0, 0.05) is 19.0 Å². The molecule has 0 aliphatic carbocycles. The van der Waals surface area contributed by atoms with E-state index in [1.54, 1.807) is 4.90 Å². The fourth-order valence-corrected chi connectivity index (χ4v) is 2.00. The molecule has 0 aromatic heterocycles. The minimum Gasteiger partial charge on any atom is -0.466 e. The first-order valence-electron chi connectivity index (χ1n) is 5.88. The maximum absolute atomic E-state index is 11.8. The van der Waals surface area contributed by atoms with Crippen molar-refractivity contribution in [3.8, 4) is 0 Å². The van der Waals surface area contributed by atoms with Gasteiger partial charge in [-0.2, -0.15) is 0 Å². The molecule has 1 fully saturated rings. The number of amides is 1. The molecule has 2 rings (SSSR count). The van der Waals surface area contributed by atoms with Gasteiger partial charge < -0.3 is 9.64 Å². The number of carbonyl (C=O) groups excluding carboxylic acids is 2. The number of hydrogen-bond acceptors (Lipinski definition) is 3. The summed E-state index contributed by atoms with van der Waals surface area (Å²) in [6, 6.07) is 9.40. The number of esters is 1. The SMILES string of the molecule is COC(=O)/C=C(\c1ccccc1)N1CCCC1=O. The van der Waals surface area contributed by atoms with Crippen LogP contribution in [0, 0.1) is 0 Å². The number of likely N-dealkylation sites (tertiary alicyclic amines) is 1. The first-order valence-corrected chi connectivity index (χ1v) is 5.88. The Morgan fingerprint density at radius 3 is 2.61 bits per heavy atom. The van der Waals surface area contributed by atoms with Crippen molar-refractivity contribution >= 4 is 17.6 Å². The Kier molecular flexibility index (Phi) is 3.77. The minimum absolute atomic E-state index is 0.0500. The van der Waals surface area contributed by atoms with E-state index in [4.69, 9.17) is 0 Å². The standard InChI is InChI=1S/C14H15NO3/c1-18-14(17)10-12(11-6-3-2-4-7-11)15-9-5-8-13(15)16/h2-4,6-7,10H,5,8-9H2,1H3/b12-10+. The predicted molar refractivity (Wildman–Crippen MR) is 67.4 cm³/mol. The lowest BCUT2D eigenvalue weighted by Gasteiger charge is -2.19. The highest BCUT2D eigenvalue weighted by Gasteiger charge is 2.25. The van der Waals surface area contributed by atoms with Crippen LogP contribution in [-0.2, 0) is 14.3 Å². The molecule has 0 spiro atoms. The second-order valence-electron chi connectivity index (χ2n) is 4.07. The van der Waals surface area contributed by atoms with Crippen LogP contribution in [0.1, 0.15) is 18.4 Å². The van der Waals surface area contributed by atoms with Crippen LogP contribution in [0.2, 0.25) is 0 Å². The molecule has 1 aliphatic rings. The van der Waals surface area contributed by atoms with Crippen LogP contribution in [0.25, 0.3) is 5.70 Å². The van der Waals surface area contributed by atoms with Crippen molar-refractivity contribution in [2.75, 3.05) is 13.7 Å². The van der Waals surface area contributed by atoms with E-state index >= 15 is 0 Å². The summed E-state index contributed by atoms with van der Waals surface area (Å²) < 4.78 is 4.64. The largest absolute Gasteiger partial charge is 0.466 e. The lowest BCUT2D eigenvalue weighted by molar-refractivity contribution is -0.134. The van der Waals surface area contributed by atoms with Crippen LogP contribution in [0.4, 0.5) is 0 Å². The molecule has 0 radical (unpaired) electrons. The first-order chi connectivity index (χ1) is 8.72. The molecular weight excluding hydrogens is 230 g/mol. The summed E-state index contributed by atoms with van der Waals surface area (Å²) in [5.74, 6) is -0.400. The third-order valence-corrected chi connectivity index (χ3v) is 2.89. The second-order valence-corrected chi connectivity index (χ2v) is 4.07. The molecule has 18 heavy (non-hydrogen) atoms. The molecule has 4 heteroatoms. The summed E-state index contributed by atoms with van der Waals surface area (Å²) in [6.07, 6.45) is 2.73. The predicted octanol–water partition coefficient (Wildman–Crippen LogP) is 1.82. The summed E-state index contributed by atoms with van der Waals surface area (Å²) in [6.45, 7) is 0.649. The lowest BCUT2D eigenvalue weighted by Crippen LogP contribution is -2.23.